The average Bonchev–Trinajstić information content (AvgIpc) is 3.28. The number of benzene rings is 2. The predicted molar refractivity (Wildman–Crippen MR) is 123 cm³/mol. The molecule has 0 unspecified atom stereocenters. The van der Waals surface area contributed by atoms with Crippen molar-refractivity contribution in [2.24, 2.45) is 0 Å². The van der Waals surface area contributed by atoms with Gasteiger partial charge >= 0.3 is 7.82 Å². The van der Waals surface area contributed by atoms with E-state index < -0.39 is 26.2 Å². The normalized spacial score (nSPS) is 11.5. The Morgan fingerprint density at radius 2 is 1.83 bits per heavy atom. The number of nitrogen functional groups attached to an aromatic ring is 1. The second-order valence-corrected chi connectivity index (χ2v) is 8.90. The lowest BCUT2D eigenvalue weighted by molar-refractivity contribution is -0.711. The molecule has 0 fully saturated rings. The molecule has 0 amide bonds. The van der Waals surface area contributed by atoms with Gasteiger partial charge < -0.3 is 19.6 Å². The molecule has 0 aliphatic carbocycles. The maximum atomic E-state index is 13.8. The highest BCUT2D eigenvalue weighted by molar-refractivity contribution is 7.46. The second-order valence-electron chi connectivity index (χ2n) is 7.66. The Morgan fingerprint density at radius 1 is 1.09 bits per heavy atom. The van der Waals surface area contributed by atoms with Crippen LogP contribution in [-0.4, -0.2) is 14.9 Å². The Kier molecular flexibility index (Phi) is 7.23. The SMILES string of the molecule is Nc1c(-c2cc(Cc3ccc(CNc4cccc(F)c4F)cc3)no2)ccc[n+]1COP(=O)(O)O. The Hall–Kier alpha value is -3.63. The largest absolute Gasteiger partial charge is 0.472 e. The molecule has 9 nitrogen and oxygen atoms in total. The molecule has 2 aromatic heterocycles. The monoisotopic (exact) mass is 503 g/mol. The number of phosphoric acid groups is 1. The van der Waals surface area contributed by atoms with E-state index in [4.69, 9.17) is 20.0 Å². The molecule has 0 spiro atoms. The molecule has 0 saturated carbocycles. The van der Waals surface area contributed by atoms with Gasteiger partial charge in [-0.1, -0.05) is 35.5 Å². The smallest absolute Gasteiger partial charge is 0.379 e. The van der Waals surface area contributed by atoms with E-state index in [1.54, 1.807) is 18.2 Å². The number of anilines is 2. The van der Waals surface area contributed by atoms with Crippen molar-refractivity contribution in [3.63, 3.8) is 0 Å². The third-order valence-corrected chi connectivity index (χ3v) is 5.60. The maximum Gasteiger partial charge on any atom is 0.472 e. The van der Waals surface area contributed by atoms with Crippen LogP contribution in [0.4, 0.5) is 20.3 Å². The van der Waals surface area contributed by atoms with E-state index in [9.17, 15) is 13.3 Å². The fourth-order valence-electron chi connectivity index (χ4n) is 3.37. The van der Waals surface area contributed by atoms with Gasteiger partial charge in [-0.2, -0.15) is 0 Å². The van der Waals surface area contributed by atoms with Crippen LogP contribution in [0.1, 0.15) is 16.8 Å². The highest BCUT2D eigenvalue weighted by Gasteiger charge is 2.20. The molecule has 5 N–H and O–H groups in total. The van der Waals surface area contributed by atoms with Crippen molar-refractivity contribution < 1.29 is 36.7 Å². The van der Waals surface area contributed by atoms with Crippen molar-refractivity contribution in [2.45, 2.75) is 19.7 Å². The summed E-state index contributed by atoms with van der Waals surface area (Å²) in [6, 6.07) is 16.6. The maximum absolute atomic E-state index is 13.8. The van der Waals surface area contributed by atoms with Gasteiger partial charge in [0, 0.05) is 19.0 Å². The van der Waals surface area contributed by atoms with Gasteiger partial charge in [-0.15, -0.1) is 0 Å². The molecule has 0 atom stereocenters. The van der Waals surface area contributed by atoms with Crippen molar-refractivity contribution in [3.8, 4) is 11.3 Å². The molecule has 0 aliphatic rings. The Bertz CT molecular complexity index is 1370. The van der Waals surface area contributed by atoms with E-state index in [1.165, 1.54) is 22.9 Å². The van der Waals surface area contributed by atoms with Gasteiger partial charge in [0.2, 0.25) is 6.73 Å². The zero-order valence-corrected chi connectivity index (χ0v) is 19.2. The molecule has 182 valence electrons. The van der Waals surface area contributed by atoms with E-state index in [2.05, 4.69) is 15.0 Å². The third kappa shape index (κ3) is 6.28. The van der Waals surface area contributed by atoms with Gasteiger partial charge in [0.25, 0.3) is 5.82 Å². The van der Waals surface area contributed by atoms with Gasteiger partial charge in [0.1, 0.15) is 5.56 Å². The van der Waals surface area contributed by atoms with E-state index in [0.29, 0.717) is 30.0 Å². The van der Waals surface area contributed by atoms with Gasteiger partial charge in [0.05, 0.1) is 17.6 Å². The van der Waals surface area contributed by atoms with Crippen LogP contribution in [0.3, 0.4) is 0 Å². The van der Waals surface area contributed by atoms with Crippen LogP contribution in [0.5, 0.6) is 0 Å². The fourth-order valence-corrected chi connectivity index (χ4v) is 3.64. The summed E-state index contributed by atoms with van der Waals surface area (Å²) in [4.78, 5) is 17.8. The number of nitrogens with one attached hydrogen (secondary N) is 1. The molecule has 2 heterocycles. The van der Waals surface area contributed by atoms with E-state index >= 15 is 0 Å². The Morgan fingerprint density at radius 3 is 2.57 bits per heavy atom. The first kappa shape index (κ1) is 24.5. The predicted octanol–water partition coefficient (Wildman–Crippen LogP) is 3.76. The number of nitrogens with zero attached hydrogens (tertiary/aromatic N) is 2. The molecule has 12 heteroatoms. The molecule has 0 bridgehead atoms. The summed E-state index contributed by atoms with van der Waals surface area (Å²) in [5.74, 6) is -1.24. The van der Waals surface area contributed by atoms with Crippen LogP contribution in [0.15, 0.2) is 71.4 Å². The van der Waals surface area contributed by atoms with Crippen molar-refractivity contribution in [1.82, 2.24) is 5.16 Å². The zero-order chi connectivity index (χ0) is 25.0. The minimum absolute atomic E-state index is 0.0963. The third-order valence-electron chi connectivity index (χ3n) is 5.15. The van der Waals surface area contributed by atoms with Gasteiger partial charge in [-0.05, 0) is 35.4 Å². The van der Waals surface area contributed by atoms with Gasteiger partial charge in [-0.3, -0.25) is 5.73 Å². The first-order chi connectivity index (χ1) is 16.7. The van der Waals surface area contributed by atoms with Crippen molar-refractivity contribution in [1.29, 1.82) is 0 Å². The summed E-state index contributed by atoms with van der Waals surface area (Å²) in [6.07, 6.45) is 1.99. The van der Waals surface area contributed by atoms with E-state index in [-0.39, 0.29) is 11.5 Å². The number of hydrogen-bond donors (Lipinski definition) is 4. The fraction of sp³-hybridized carbons (Fsp3) is 0.130. The van der Waals surface area contributed by atoms with Gasteiger partial charge in [0.15, 0.2) is 17.4 Å². The molecule has 0 radical (unpaired) electrons. The first-order valence-electron chi connectivity index (χ1n) is 10.4. The summed E-state index contributed by atoms with van der Waals surface area (Å²) in [5.41, 5.74) is 9.18. The second kappa shape index (κ2) is 10.3. The molecule has 4 aromatic rings. The van der Waals surface area contributed by atoms with Crippen molar-refractivity contribution in [2.75, 3.05) is 11.1 Å². The van der Waals surface area contributed by atoms with Crippen LogP contribution in [0.25, 0.3) is 11.3 Å². The summed E-state index contributed by atoms with van der Waals surface area (Å²) in [5, 5.41) is 6.95. The Labute approximate surface area is 199 Å². The minimum Gasteiger partial charge on any atom is -0.379 e. The first-order valence-corrected chi connectivity index (χ1v) is 11.9. The van der Waals surface area contributed by atoms with Crippen LogP contribution in [-0.2, 0) is 28.8 Å². The van der Waals surface area contributed by atoms with Crippen LogP contribution in [0.2, 0.25) is 0 Å². The molecule has 0 saturated heterocycles. The quantitative estimate of drug-likeness (QED) is 0.200. The lowest BCUT2D eigenvalue weighted by atomic mass is 10.1. The molecular formula is C23H22F2N4O5P+. The standard InChI is InChI=1S/C23H21F2N4O5P/c24-19-4-1-5-20(22(19)25)27-13-16-8-6-15(7-9-16)11-17-12-21(34-28-17)18-3-2-10-29(23(18)26)14-33-35(30,31)32/h1-10,12,26-27H,11,13-14H2,(H2,30,31,32)/p+1. The number of nitrogens with two attached hydrogens (primary N) is 1. The number of pyridine rings is 1. The minimum atomic E-state index is -4.65. The highest BCUT2D eigenvalue weighted by atomic mass is 31.2. The van der Waals surface area contributed by atoms with E-state index in [1.807, 2.05) is 24.3 Å². The lowest BCUT2D eigenvalue weighted by Gasteiger charge is -2.08. The number of rotatable bonds is 9. The van der Waals surface area contributed by atoms with E-state index in [0.717, 1.165) is 17.2 Å². The molecule has 35 heavy (non-hydrogen) atoms. The zero-order valence-electron chi connectivity index (χ0n) is 18.3. The Balaban J connectivity index is 1.40. The van der Waals surface area contributed by atoms with Gasteiger partial charge in [-0.25, -0.2) is 22.4 Å². The molecule has 4 rings (SSSR count). The van der Waals surface area contributed by atoms with Crippen LogP contribution >= 0.6 is 7.82 Å². The topological polar surface area (TPSA) is 135 Å². The lowest BCUT2D eigenvalue weighted by Crippen LogP contribution is -2.38. The number of halogens is 2. The number of aromatic nitrogens is 2. The number of phosphoric ester groups is 1. The summed E-state index contributed by atoms with van der Waals surface area (Å²) < 4.78 is 49.3. The highest BCUT2D eigenvalue weighted by Crippen LogP contribution is 2.35. The van der Waals surface area contributed by atoms with Crippen LogP contribution in [0, 0.1) is 11.6 Å². The van der Waals surface area contributed by atoms with Crippen molar-refractivity contribution >= 4 is 19.3 Å². The molecular weight excluding hydrogens is 481 g/mol. The summed E-state index contributed by atoms with van der Waals surface area (Å²) in [6.45, 7) is -0.105. The van der Waals surface area contributed by atoms with Crippen molar-refractivity contribution in [3.05, 3.63) is 95.3 Å². The number of hydrogen-bond acceptors (Lipinski definition) is 6. The summed E-state index contributed by atoms with van der Waals surface area (Å²) >= 11 is 0. The summed E-state index contributed by atoms with van der Waals surface area (Å²) in [7, 11) is -4.65. The molecule has 2 aromatic carbocycles. The average molecular weight is 503 g/mol. The van der Waals surface area contributed by atoms with Crippen LogP contribution < -0.4 is 15.6 Å². The molecule has 0 aliphatic heterocycles.